The fraction of sp³-hybridized carbons (Fsp3) is 0.125. The first kappa shape index (κ1) is 14.8. The number of aromatic nitrogens is 2. The number of thioether (sulfide) groups is 1. The molecule has 0 aliphatic rings. The molecular weight excluding hydrogens is 288 g/mol. The van der Waals surface area contributed by atoms with Gasteiger partial charge in [0, 0.05) is 0 Å². The van der Waals surface area contributed by atoms with Crippen LogP contribution in [0.4, 0.5) is 0 Å². The molecule has 0 saturated carbocycles. The van der Waals surface area contributed by atoms with E-state index < -0.39 is 0 Å². The minimum absolute atomic E-state index is 0. The van der Waals surface area contributed by atoms with Gasteiger partial charge in [0.2, 0.25) is 5.03 Å². The van der Waals surface area contributed by atoms with Gasteiger partial charge >= 0.3 is 0 Å². The van der Waals surface area contributed by atoms with Gasteiger partial charge in [-0.3, -0.25) is 0 Å². The van der Waals surface area contributed by atoms with Crippen LogP contribution in [0, 0.1) is 0 Å². The molecule has 1 heterocycles. The predicted octanol–water partition coefficient (Wildman–Crippen LogP) is 0.296. The molecule has 0 radical (unpaired) electrons. The second kappa shape index (κ2) is 6.73. The molecule has 0 N–H and O–H groups in total. The summed E-state index contributed by atoms with van der Waals surface area (Å²) in [7, 11) is 0. The lowest BCUT2D eigenvalue weighted by Crippen LogP contribution is -3.00. The van der Waals surface area contributed by atoms with Gasteiger partial charge in [0.05, 0.1) is 5.39 Å². The molecule has 0 aliphatic heterocycles. The number of halogens is 1. The predicted molar refractivity (Wildman–Crippen MR) is 79.3 cm³/mol. The van der Waals surface area contributed by atoms with Crippen LogP contribution in [0.1, 0.15) is 5.56 Å². The van der Waals surface area contributed by atoms with Gasteiger partial charge in [-0.1, -0.05) is 54.2 Å². The van der Waals surface area contributed by atoms with Crippen LogP contribution in [0.5, 0.6) is 0 Å². The van der Waals surface area contributed by atoms with Gasteiger partial charge in [-0.25, -0.2) is 4.57 Å². The zero-order valence-electron chi connectivity index (χ0n) is 11.2. The van der Waals surface area contributed by atoms with E-state index in [2.05, 4.69) is 64.3 Å². The third-order valence-electron chi connectivity index (χ3n) is 3.15. The molecule has 0 unspecified atom stereocenters. The highest BCUT2D eigenvalue weighted by atomic mass is 35.5. The Morgan fingerprint density at radius 1 is 1.00 bits per heavy atom. The number of fused-ring (bicyclic) bond motifs is 1. The summed E-state index contributed by atoms with van der Waals surface area (Å²) in [6, 6.07) is 18.9. The number of hydrogen-bond acceptors (Lipinski definition) is 2. The monoisotopic (exact) mass is 302 g/mol. The van der Waals surface area contributed by atoms with Crippen molar-refractivity contribution in [2.75, 3.05) is 6.26 Å². The van der Waals surface area contributed by atoms with Crippen molar-refractivity contribution < 1.29 is 17.0 Å². The van der Waals surface area contributed by atoms with E-state index in [0.29, 0.717) is 0 Å². The van der Waals surface area contributed by atoms with E-state index in [-0.39, 0.29) is 12.4 Å². The van der Waals surface area contributed by atoms with Crippen molar-refractivity contribution in [3.63, 3.8) is 0 Å². The zero-order chi connectivity index (χ0) is 13.1. The molecule has 4 heteroatoms. The molecule has 20 heavy (non-hydrogen) atoms. The van der Waals surface area contributed by atoms with Crippen molar-refractivity contribution in [2.24, 2.45) is 0 Å². The Bertz CT molecular complexity index is 701. The molecule has 0 amide bonds. The Balaban J connectivity index is 0.00000147. The largest absolute Gasteiger partial charge is 1.00 e. The second-order valence-electron chi connectivity index (χ2n) is 4.38. The molecule has 0 spiro atoms. The third-order valence-corrected chi connectivity index (χ3v) is 3.86. The zero-order valence-corrected chi connectivity index (χ0v) is 12.7. The van der Waals surface area contributed by atoms with Crippen LogP contribution in [0.3, 0.4) is 0 Å². The molecule has 0 fully saturated rings. The normalized spacial score (nSPS) is 10.2. The van der Waals surface area contributed by atoms with E-state index >= 15 is 0 Å². The van der Waals surface area contributed by atoms with Gasteiger partial charge in [-0.15, -0.1) is 0 Å². The third kappa shape index (κ3) is 2.94. The smallest absolute Gasteiger partial charge is 0.288 e. The fourth-order valence-corrected chi connectivity index (χ4v) is 2.77. The van der Waals surface area contributed by atoms with E-state index in [1.807, 2.05) is 12.4 Å². The molecular formula is C16H15ClN2S. The summed E-state index contributed by atoms with van der Waals surface area (Å²) in [5.74, 6) is 0. The van der Waals surface area contributed by atoms with Gasteiger partial charge in [0.25, 0.3) is 6.33 Å². The van der Waals surface area contributed by atoms with Crippen LogP contribution < -0.4 is 17.0 Å². The Morgan fingerprint density at radius 3 is 2.45 bits per heavy atom. The maximum atomic E-state index is 4.55. The lowest BCUT2D eigenvalue weighted by molar-refractivity contribution is -0.665. The standard InChI is InChI=1S/C16H15N2S.ClH/c1-19-16-14-9-5-6-10-15(14)18(12-17-16)11-13-7-3-2-4-8-13;/h2-10,12H,11H2,1H3;1H/q+1;/p-1. The quantitative estimate of drug-likeness (QED) is 0.393. The number of hydrogen-bond donors (Lipinski definition) is 0. The fourth-order valence-electron chi connectivity index (χ4n) is 2.23. The van der Waals surface area contributed by atoms with Crippen LogP contribution in [0.15, 0.2) is 66.0 Å². The van der Waals surface area contributed by atoms with Crippen molar-refractivity contribution in [1.29, 1.82) is 0 Å². The number of para-hydroxylation sites is 1. The van der Waals surface area contributed by atoms with Gasteiger partial charge in [0.15, 0.2) is 0 Å². The van der Waals surface area contributed by atoms with Gasteiger partial charge in [-0.2, -0.15) is 0 Å². The minimum Gasteiger partial charge on any atom is -1.00 e. The Morgan fingerprint density at radius 2 is 1.70 bits per heavy atom. The molecule has 3 rings (SSSR count). The first-order valence-corrected chi connectivity index (χ1v) is 7.46. The number of rotatable bonds is 3. The minimum atomic E-state index is 0. The summed E-state index contributed by atoms with van der Waals surface area (Å²) in [6.07, 6.45) is 4.00. The molecule has 0 saturated heterocycles. The Kier molecular flexibility index (Phi) is 4.99. The summed E-state index contributed by atoms with van der Waals surface area (Å²) >= 11 is 1.69. The highest BCUT2D eigenvalue weighted by molar-refractivity contribution is 7.98. The molecule has 0 aliphatic carbocycles. The lowest BCUT2D eigenvalue weighted by Gasteiger charge is -2.05. The average Bonchev–Trinajstić information content (AvgIpc) is 2.49. The van der Waals surface area contributed by atoms with Crippen molar-refractivity contribution in [1.82, 2.24) is 4.98 Å². The Labute approximate surface area is 129 Å². The van der Waals surface area contributed by atoms with Gasteiger partial charge < -0.3 is 12.4 Å². The average molecular weight is 303 g/mol. The van der Waals surface area contributed by atoms with E-state index in [4.69, 9.17) is 0 Å². The van der Waals surface area contributed by atoms with Gasteiger partial charge in [-0.05, 0) is 28.9 Å². The SMILES string of the molecule is CSc1nc[n+](Cc2ccccc2)c2ccccc12.[Cl-]. The summed E-state index contributed by atoms with van der Waals surface area (Å²) in [4.78, 5) is 4.55. The second-order valence-corrected chi connectivity index (χ2v) is 5.18. The molecule has 0 bridgehead atoms. The summed E-state index contributed by atoms with van der Waals surface area (Å²) in [5, 5.41) is 2.30. The number of benzene rings is 2. The summed E-state index contributed by atoms with van der Waals surface area (Å²) in [5.41, 5.74) is 2.52. The first-order valence-electron chi connectivity index (χ1n) is 6.23. The van der Waals surface area contributed by atoms with E-state index in [9.17, 15) is 0 Å². The van der Waals surface area contributed by atoms with E-state index in [0.717, 1.165) is 11.6 Å². The molecule has 2 nitrogen and oxygen atoms in total. The molecule has 3 aromatic rings. The van der Waals surface area contributed by atoms with E-state index in [1.165, 1.54) is 16.5 Å². The van der Waals surface area contributed by atoms with Crippen molar-refractivity contribution in [2.45, 2.75) is 11.6 Å². The topological polar surface area (TPSA) is 16.8 Å². The van der Waals surface area contributed by atoms with E-state index in [1.54, 1.807) is 11.8 Å². The maximum absolute atomic E-state index is 4.55. The van der Waals surface area contributed by atoms with Crippen LogP contribution in [-0.2, 0) is 6.54 Å². The van der Waals surface area contributed by atoms with Crippen molar-refractivity contribution >= 4 is 22.7 Å². The number of nitrogens with zero attached hydrogens (tertiary/aromatic N) is 2. The Hall–Kier alpha value is -1.58. The van der Waals surface area contributed by atoms with Crippen molar-refractivity contribution in [3.8, 4) is 0 Å². The van der Waals surface area contributed by atoms with Crippen LogP contribution in [-0.4, -0.2) is 11.2 Å². The molecule has 2 aromatic carbocycles. The maximum Gasteiger partial charge on any atom is 0.288 e. The molecule has 0 atom stereocenters. The van der Waals surface area contributed by atoms with Crippen molar-refractivity contribution in [3.05, 3.63) is 66.5 Å². The van der Waals surface area contributed by atoms with Crippen LogP contribution in [0.2, 0.25) is 0 Å². The van der Waals surface area contributed by atoms with Crippen LogP contribution >= 0.6 is 11.8 Å². The lowest BCUT2D eigenvalue weighted by atomic mass is 10.2. The van der Waals surface area contributed by atoms with Crippen LogP contribution in [0.25, 0.3) is 10.9 Å². The highest BCUT2D eigenvalue weighted by Crippen LogP contribution is 2.21. The van der Waals surface area contributed by atoms with Gasteiger partial charge in [0.1, 0.15) is 12.1 Å². The highest BCUT2D eigenvalue weighted by Gasteiger charge is 2.12. The summed E-state index contributed by atoms with van der Waals surface area (Å²) < 4.78 is 2.20. The molecule has 1 aromatic heterocycles. The first-order chi connectivity index (χ1) is 9.38. The molecule has 102 valence electrons. The summed E-state index contributed by atoms with van der Waals surface area (Å²) in [6.45, 7) is 0.850.